The molecule has 0 spiro atoms. The van der Waals surface area contributed by atoms with Crippen LogP contribution in [0.15, 0.2) is 42.5 Å². The Morgan fingerprint density at radius 1 is 1.03 bits per heavy atom. The van der Waals surface area contributed by atoms with E-state index in [1.165, 1.54) is 18.2 Å². The number of aromatic nitrogens is 3. The molecule has 1 aromatic heterocycles. The van der Waals surface area contributed by atoms with Crippen LogP contribution in [-0.2, 0) is 4.79 Å². The van der Waals surface area contributed by atoms with Crippen LogP contribution in [0.25, 0.3) is 17.1 Å². The van der Waals surface area contributed by atoms with Gasteiger partial charge in [0, 0.05) is 42.8 Å². The van der Waals surface area contributed by atoms with Crippen molar-refractivity contribution in [1.29, 1.82) is 0 Å². The summed E-state index contributed by atoms with van der Waals surface area (Å²) < 4.78 is 41.5. The van der Waals surface area contributed by atoms with Crippen molar-refractivity contribution in [1.82, 2.24) is 25.2 Å². The standard InChI is InChI=1S/C24H21ClF3N5O3/c25-18-7-14(8-19(10-18)36-24(26,27)28)1-4-22(34)33-11-16-5-6-32(12-17(16)13-33)23(35)15-2-3-20-21(9-15)30-31-29-20/h1-4,7-10,16-17H,5-6,11-13H2,(H,29,30,31). The number of carbonyl (C=O) groups is 2. The molecule has 2 aliphatic heterocycles. The van der Waals surface area contributed by atoms with E-state index >= 15 is 0 Å². The number of likely N-dealkylation sites (tertiary alicyclic amines) is 2. The first-order valence-corrected chi connectivity index (χ1v) is 11.7. The summed E-state index contributed by atoms with van der Waals surface area (Å²) in [5.41, 5.74) is 2.16. The molecule has 3 heterocycles. The number of aromatic amines is 1. The van der Waals surface area contributed by atoms with E-state index in [0.717, 1.165) is 18.6 Å². The molecule has 36 heavy (non-hydrogen) atoms. The van der Waals surface area contributed by atoms with Gasteiger partial charge in [0.15, 0.2) is 0 Å². The van der Waals surface area contributed by atoms with Crippen molar-refractivity contribution in [3.8, 4) is 5.75 Å². The number of benzene rings is 2. The third-order valence-electron chi connectivity index (χ3n) is 6.51. The van der Waals surface area contributed by atoms with Crippen LogP contribution < -0.4 is 4.74 Å². The van der Waals surface area contributed by atoms with Crippen molar-refractivity contribution < 1.29 is 27.5 Å². The van der Waals surface area contributed by atoms with Crippen LogP contribution in [0.5, 0.6) is 5.75 Å². The highest BCUT2D eigenvalue weighted by Gasteiger charge is 2.39. The second-order valence-electron chi connectivity index (χ2n) is 8.93. The third-order valence-corrected chi connectivity index (χ3v) is 6.73. The Hall–Kier alpha value is -3.60. The van der Waals surface area contributed by atoms with E-state index in [4.69, 9.17) is 11.6 Å². The molecule has 2 amide bonds. The second kappa shape index (κ2) is 9.45. The van der Waals surface area contributed by atoms with E-state index < -0.39 is 12.1 Å². The van der Waals surface area contributed by atoms with Crippen molar-refractivity contribution >= 4 is 40.5 Å². The topological polar surface area (TPSA) is 91.4 Å². The molecule has 188 valence electrons. The summed E-state index contributed by atoms with van der Waals surface area (Å²) in [5.74, 6) is -0.365. The molecule has 2 aliphatic rings. The number of fused-ring (bicyclic) bond motifs is 2. The lowest BCUT2D eigenvalue weighted by atomic mass is 9.88. The van der Waals surface area contributed by atoms with Gasteiger partial charge in [0.1, 0.15) is 16.8 Å². The van der Waals surface area contributed by atoms with Crippen molar-refractivity contribution in [2.24, 2.45) is 11.8 Å². The number of H-pyrrole nitrogens is 1. The van der Waals surface area contributed by atoms with E-state index in [9.17, 15) is 22.8 Å². The van der Waals surface area contributed by atoms with Crippen LogP contribution in [0.1, 0.15) is 22.3 Å². The number of rotatable bonds is 4. The number of piperidine rings is 1. The Morgan fingerprint density at radius 3 is 2.58 bits per heavy atom. The van der Waals surface area contributed by atoms with E-state index in [1.807, 2.05) is 0 Å². The SMILES string of the molecule is O=C(C=Cc1cc(Cl)cc(OC(F)(F)F)c1)N1CC2CCN(C(=O)c3ccc4n[nH]nc4c3)CC2C1. The highest BCUT2D eigenvalue weighted by atomic mass is 35.5. The molecule has 0 radical (unpaired) electrons. The first kappa shape index (κ1) is 24.1. The minimum Gasteiger partial charge on any atom is -0.406 e. The van der Waals surface area contributed by atoms with Gasteiger partial charge in [-0.1, -0.05) is 11.6 Å². The molecule has 1 N–H and O–H groups in total. The lowest BCUT2D eigenvalue weighted by molar-refractivity contribution is -0.274. The third kappa shape index (κ3) is 5.30. The van der Waals surface area contributed by atoms with Crippen molar-refractivity contribution in [3.63, 3.8) is 0 Å². The molecular weight excluding hydrogens is 499 g/mol. The summed E-state index contributed by atoms with van der Waals surface area (Å²) in [4.78, 5) is 29.4. The molecule has 2 aromatic carbocycles. The molecule has 2 saturated heterocycles. The minimum atomic E-state index is -4.84. The Labute approximate surface area is 208 Å². The molecule has 2 unspecified atom stereocenters. The van der Waals surface area contributed by atoms with Crippen molar-refractivity contribution in [3.05, 3.63) is 58.6 Å². The average molecular weight is 520 g/mol. The molecule has 3 aromatic rings. The number of hydrogen-bond donors (Lipinski definition) is 1. The molecule has 5 rings (SSSR count). The van der Waals surface area contributed by atoms with E-state index in [-0.39, 0.29) is 28.7 Å². The van der Waals surface area contributed by atoms with E-state index in [0.29, 0.717) is 48.3 Å². The molecule has 0 bridgehead atoms. The number of alkyl halides is 3. The number of amides is 2. The Morgan fingerprint density at radius 2 is 1.78 bits per heavy atom. The average Bonchev–Trinajstić information content (AvgIpc) is 3.46. The fourth-order valence-corrected chi connectivity index (χ4v) is 5.07. The molecule has 8 nitrogen and oxygen atoms in total. The second-order valence-corrected chi connectivity index (χ2v) is 9.37. The van der Waals surface area contributed by atoms with Gasteiger partial charge in [0.05, 0.1) is 0 Å². The summed E-state index contributed by atoms with van der Waals surface area (Å²) in [6.07, 6.45) is -1.33. The molecule has 2 fully saturated rings. The number of nitrogens with zero attached hydrogens (tertiary/aromatic N) is 4. The summed E-state index contributed by atoms with van der Waals surface area (Å²) in [5, 5.41) is 10.6. The van der Waals surface area contributed by atoms with Crippen molar-refractivity contribution in [2.45, 2.75) is 12.8 Å². The zero-order valence-corrected chi connectivity index (χ0v) is 19.6. The highest BCUT2D eigenvalue weighted by molar-refractivity contribution is 6.30. The number of ether oxygens (including phenoxy) is 1. The van der Waals surface area contributed by atoms with Gasteiger partial charge >= 0.3 is 6.36 Å². The molecule has 12 heteroatoms. The Balaban J connectivity index is 1.21. The number of halogens is 4. The predicted molar refractivity (Wildman–Crippen MR) is 125 cm³/mol. The maximum atomic E-state index is 13.1. The maximum Gasteiger partial charge on any atom is 0.573 e. The Bertz CT molecular complexity index is 1340. The van der Waals surface area contributed by atoms with Gasteiger partial charge in [0.2, 0.25) is 5.91 Å². The molecule has 0 saturated carbocycles. The largest absolute Gasteiger partial charge is 0.573 e. The zero-order chi connectivity index (χ0) is 25.4. The van der Waals surface area contributed by atoms with Gasteiger partial charge in [-0.25, -0.2) is 0 Å². The van der Waals surface area contributed by atoms with Crippen LogP contribution in [-0.4, -0.2) is 69.6 Å². The lowest BCUT2D eigenvalue weighted by Gasteiger charge is -2.34. The number of hydrogen-bond acceptors (Lipinski definition) is 5. The number of carbonyl (C=O) groups excluding carboxylic acids is 2. The first-order chi connectivity index (χ1) is 17.1. The van der Waals surface area contributed by atoms with Gasteiger partial charge in [-0.2, -0.15) is 15.4 Å². The molecular formula is C24H21ClF3N5O3. The summed E-state index contributed by atoms with van der Waals surface area (Å²) >= 11 is 5.89. The monoisotopic (exact) mass is 519 g/mol. The predicted octanol–water partition coefficient (Wildman–Crippen LogP) is 4.14. The Kier molecular flexibility index (Phi) is 6.33. The highest BCUT2D eigenvalue weighted by Crippen LogP contribution is 2.32. The smallest absolute Gasteiger partial charge is 0.406 e. The normalized spacial score (nSPS) is 20.2. The molecule has 2 atom stereocenters. The summed E-state index contributed by atoms with van der Waals surface area (Å²) in [6, 6.07) is 8.85. The quantitative estimate of drug-likeness (QED) is 0.523. The van der Waals surface area contributed by atoms with Gasteiger partial charge in [-0.05, 0) is 66.3 Å². The van der Waals surface area contributed by atoms with Gasteiger partial charge < -0.3 is 14.5 Å². The van der Waals surface area contributed by atoms with Gasteiger partial charge in [-0.3, -0.25) is 9.59 Å². The lowest BCUT2D eigenvalue weighted by Crippen LogP contribution is -2.43. The van der Waals surface area contributed by atoms with Crippen LogP contribution in [0.3, 0.4) is 0 Å². The van der Waals surface area contributed by atoms with E-state index in [2.05, 4.69) is 20.1 Å². The summed E-state index contributed by atoms with van der Waals surface area (Å²) in [6.45, 7) is 2.20. The van der Waals surface area contributed by atoms with Crippen LogP contribution >= 0.6 is 11.6 Å². The first-order valence-electron chi connectivity index (χ1n) is 11.3. The fraction of sp³-hybridized carbons (Fsp3) is 0.333. The zero-order valence-electron chi connectivity index (χ0n) is 18.8. The van der Waals surface area contributed by atoms with Crippen LogP contribution in [0.4, 0.5) is 13.2 Å². The minimum absolute atomic E-state index is 0.0588. The summed E-state index contributed by atoms with van der Waals surface area (Å²) in [7, 11) is 0. The van der Waals surface area contributed by atoms with Crippen LogP contribution in [0.2, 0.25) is 5.02 Å². The number of nitrogens with one attached hydrogen (secondary N) is 1. The van der Waals surface area contributed by atoms with E-state index in [1.54, 1.807) is 28.0 Å². The maximum absolute atomic E-state index is 13.1. The molecule has 0 aliphatic carbocycles. The fourth-order valence-electron chi connectivity index (χ4n) is 4.84. The van der Waals surface area contributed by atoms with Crippen LogP contribution in [0, 0.1) is 11.8 Å². The van der Waals surface area contributed by atoms with Crippen molar-refractivity contribution in [2.75, 3.05) is 26.2 Å². The van der Waals surface area contributed by atoms with Gasteiger partial charge in [-0.15, -0.1) is 13.2 Å². The van der Waals surface area contributed by atoms with Gasteiger partial charge in [0.25, 0.3) is 5.91 Å².